The van der Waals surface area contributed by atoms with Gasteiger partial charge in [0.1, 0.15) is 17.1 Å². The molecule has 0 N–H and O–H groups in total. The lowest BCUT2D eigenvalue weighted by Crippen LogP contribution is -2.29. The molecule has 1 atom stereocenters. The van der Waals surface area contributed by atoms with E-state index in [0.29, 0.717) is 28.9 Å². The van der Waals surface area contributed by atoms with Gasteiger partial charge in [-0.3, -0.25) is 9.59 Å². The van der Waals surface area contributed by atoms with Crippen LogP contribution in [0.4, 0.5) is 4.39 Å². The van der Waals surface area contributed by atoms with Gasteiger partial charge in [0.05, 0.1) is 23.6 Å². The third-order valence-electron chi connectivity index (χ3n) is 6.16. The average molecular weight is 458 g/mol. The molecule has 172 valence electrons. The molecule has 1 unspecified atom stereocenters. The first kappa shape index (κ1) is 21.9. The van der Waals surface area contributed by atoms with Crippen LogP contribution in [0.25, 0.3) is 11.0 Å². The maximum atomic E-state index is 13.8. The molecule has 3 aromatic carbocycles. The number of ether oxygens (including phenoxy) is 1. The van der Waals surface area contributed by atoms with E-state index in [-0.39, 0.29) is 29.5 Å². The minimum Gasteiger partial charge on any atom is -0.494 e. The molecule has 0 spiro atoms. The van der Waals surface area contributed by atoms with Gasteiger partial charge in [-0.05, 0) is 73.4 Å². The number of carbonyl (C=O) groups excluding carboxylic acids is 1. The van der Waals surface area contributed by atoms with E-state index >= 15 is 0 Å². The molecule has 5 nitrogen and oxygen atoms in total. The summed E-state index contributed by atoms with van der Waals surface area (Å²) < 4.78 is 25.2. The van der Waals surface area contributed by atoms with Crippen molar-refractivity contribution in [3.8, 4) is 5.75 Å². The lowest BCUT2D eigenvalue weighted by Gasteiger charge is -2.25. The fraction of sp³-hybridized carbons (Fsp3) is 0.214. The smallest absolute Gasteiger partial charge is 0.291 e. The number of fused-ring (bicyclic) bond motifs is 2. The molecule has 5 rings (SSSR count). The van der Waals surface area contributed by atoms with E-state index in [1.165, 1.54) is 12.1 Å². The Balaban J connectivity index is 1.73. The first-order chi connectivity index (χ1) is 16.4. The summed E-state index contributed by atoms with van der Waals surface area (Å²) in [4.78, 5) is 29.0. The van der Waals surface area contributed by atoms with Crippen molar-refractivity contribution in [3.63, 3.8) is 0 Å². The SMILES string of the molecule is CCOc1cccc(C2c3c(oc4cc(C)cc(C)c4c3=O)C(=O)N2Cc2ccc(F)cc2)c1. The molecule has 0 saturated heterocycles. The number of hydrogen-bond donors (Lipinski definition) is 0. The molecule has 34 heavy (non-hydrogen) atoms. The summed E-state index contributed by atoms with van der Waals surface area (Å²) in [6.45, 7) is 6.38. The summed E-state index contributed by atoms with van der Waals surface area (Å²) in [5.41, 5.74) is 3.75. The molecule has 1 aromatic heterocycles. The molecule has 1 amide bonds. The fourth-order valence-electron chi connectivity index (χ4n) is 4.75. The second-order valence-corrected chi connectivity index (χ2v) is 8.60. The number of amides is 1. The molecule has 1 aliphatic rings. The van der Waals surface area contributed by atoms with Gasteiger partial charge >= 0.3 is 0 Å². The van der Waals surface area contributed by atoms with Crippen molar-refractivity contribution < 1.29 is 18.3 Å². The minimum absolute atomic E-state index is 0.0522. The van der Waals surface area contributed by atoms with Gasteiger partial charge in [-0.1, -0.05) is 30.3 Å². The van der Waals surface area contributed by atoms with E-state index in [0.717, 1.165) is 22.3 Å². The van der Waals surface area contributed by atoms with Crippen molar-refractivity contribution in [2.45, 2.75) is 33.4 Å². The maximum Gasteiger partial charge on any atom is 0.291 e. The molecule has 1 aliphatic heterocycles. The highest BCUT2D eigenvalue weighted by atomic mass is 19.1. The van der Waals surface area contributed by atoms with Gasteiger partial charge in [-0.15, -0.1) is 0 Å². The van der Waals surface area contributed by atoms with Crippen LogP contribution in [0.1, 0.15) is 51.3 Å². The van der Waals surface area contributed by atoms with Crippen molar-refractivity contribution in [2.24, 2.45) is 0 Å². The monoisotopic (exact) mass is 457 g/mol. The Bertz CT molecular complexity index is 1470. The van der Waals surface area contributed by atoms with Gasteiger partial charge < -0.3 is 14.1 Å². The third-order valence-corrected chi connectivity index (χ3v) is 6.16. The molecule has 0 fully saturated rings. The standard InChI is InChI=1S/C28H24FNO4/c1-4-33-21-7-5-6-19(14-21)25-24-26(31)23-17(3)12-16(2)13-22(23)34-27(24)28(32)30(25)15-18-8-10-20(29)11-9-18/h5-14,25H,4,15H2,1-3H3. The van der Waals surface area contributed by atoms with Crippen LogP contribution in [0.5, 0.6) is 5.75 Å². The van der Waals surface area contributed by atoms with Crippen LogP contribution < -0.4 is 10.2 Å². The van der Waals surface area contributed by atoms with Crippen LogP contribution in [-0.4, -0.2) is 17.4 Å². The number of benzene rings is 3. The highest BCUT2D eigenvalue weighted by Gasteiger charge is 2.43. The van der Waals surface area contributed by atoms with Crippen LogP contribution in [0.3, 0.4) is 0 Å². The molecular weight excluding hydrogens is 433 g/mol. The van der Waals surface area contributed by atoms with E-state index in [4.69, 9.17) is 9.15 Å². The lowest BCUT2D eigenvalue weighted by molar-refractivity contribution is 0.0714. The van der Waals surface area contributed by atoms with Gasteiger partial charge in [-0.2, -0.15) is 0 Å². The number of rotatable bonds is 5. The molecule has 0 radical (unpaired) electrons. The quantitative estimate of drug-likeness (QED) is 0.386. The zero-order chi connectivity index (χ0) is 24.0. The van der Waals surface area contributed by atoms with Crippen molar-refractivity contribution in [1.29, 1.82) is 0 Å². The van der Waals surface area contributed by atoms with Gasteiger partial charge in [0.15, 0.2) is 5.43 Å². The topological polar surface area (TPSA) is 59.8 Å². The Hall–Kier alpha value is -3.93. The highest BCUT2D eigenvalue weighted by molar-refractivity contribution is 5.99. The van der Waals surface area contributed by atoms with E-state index in [1.807, 2.05) is 51.1 Å². The summed E-state index contributed by atoms with van der Waals surface area (Å²) in [5, 5.41) is 0.478. The van der Waals surface area contributed by atoms with Gasteiger partial charge in [0, 0.05) is 6.54 Å². The number of nitrogens with zero attached hydrogens (tertiary/aromatic N) is 1. The van der Waals surface area contributed by atoms with Crippen molar-refractivity contribution in [1.82, 2.24) is 4.90 Å². The summed E-state index contributed by atoms with van der Waals surface area (Å²) >= 11 is 0. The van der Waals surface area contributed by atoms with Crippen LogP contribution in [0.2, 0.25) is 0 Å². The number of hydrogen-bond acceptors (Lipinski definition) is 4. The van der Waals surface area contributed by atoms with E-state index in [2.05, 4.69) is 0 Å². The predicted octanol–water partition coefficient (Wildman–Crippen LogP) is 5.69. The summed E-state index contributed by atoms with van der Waals surface area (Å²) in [6.07, 6.45) is 0. The molecule has 0 saturated carbocycles. The first-order valence-electron chi connectivity index (χ1n) is 11.2. The maximum absolute atomic E-state index is 13.8. The van der Waals surface area contributed by atoms with Gasteiger partial charge in [0.2, 0.25) is 5.76 Å². The number of halogens is 1. The predicted molar refractivity (Wildman–Crippen MR) is 128 cm³/mol. The van der Waals surface area contributed by atoms with Crippen LogP contribution in [0.15, 0.2) is 69.9 Å². The van der Waals surface area contributed by atoms with Crippen molar-refractivity contribution >= 4 is 16.9 Å². The van der Waals surface area contributed by atoms with Crippen LogP contribution in [-0.2, 0) is 6.54 Å². The molecular formula is C28H24FNO4. The summed E-state index contributed by atoms with van der Waals surface area (Å²) in [6, 6.07) is 16.5. The second kappa shape index (κ2) is 8.45. The second-order valence-electron chi connectivity index (χ2n) is 8.60. The summed E-state index contributed by atoms with van der Waals surface area (Å²) in [7, 11) is 0. The zero-order valence-corrected chi connectivity index (χ0v) is 19.2. The minimum atomic E-state index is -0.658. The Kier molecular flexibility index (Phi) is 5.44. The average Bonchev–Trinajstić information content (AvgIpc) is 3.07. The van der Waals surface area contributed by atoms with Crippen LogP contribution in [0, 0.1) is 19.7 Å². The van der Waals surface area contributed by atoms with Gasteiger partial charge in [-0.25, -0.2) is 4.39 Å². The number of aryl methyl sites for hydroxylation is 2. The Morgan fingerprint density at radius 2 is 1.79 bits per heavy atom. The van der Waals surface area contributed by atoms with E-state index in [9.17, 15) is 14.0 Å². The largest absolute Gasteiger partial charge is 0.494 e. The third kappa shape index (κ3) is 3.65. The van der Waals surface area contributed by atoms with E-state index < -0.39 is 6.04 Å². The highest BCUT2D eigenvalue weighted by Crippen LogP contribution is 2.40. The zero-order valence-electron chi connectivity index (χ0n) is 19.2. The number of carbonyl (C=O) groups is 1. The molecule has 6 heteroatoms. The summed E-state index contributed by atoms with van der Waals surface area (Å²) in [5.74, 6) is -0.0185. The van der Waals surface area contributed by atoms with Crippen molar-refractivity contribution in [2.75, 3.05) is 6.61 Å². The first-order valence-corrected chi connectivity index (χ1v) is 11.2. The molecule has 0 aliphatic carbocycles. The van der Waals surface area contributed by atoms with Crippen LogP contribution >= 0.6 is 0 Å². The fourth-order valence-corrected chi connectivity index (χ4v) is 4.75. The molecule has 4 aromatic rings. The Morgan fingerprint density at radius 1 is 1.03 bits per heavy atom. The molecule has 0 bridgehead atoms. The Morgan fingerprint density at radius 3 is 2.53 bits per heavy atom. The normalized spacial score (nSPS) is 15.1. The lowest BCUT2D eigenvalue weighted by atomic mass is 9.96. The van der Waals surface area contributed by atoms with Crippen molar-refractivity contribution in [3.05, 3.63) is 110 Å². The van der Waals surface area contributed by atoms with Gasteiger partial charge in [0.25, 0.3) is 5.91 Å². The van der Waals surface area contributed by atoms with E-state index in [1.54, 1.807) is 23.1 Å². The molecule has 2 heterocycles. The Labute approximate surface area is 196 Å².